The SMILES string of the molecule is CCOc1cccc(C(O)Cc2nc3ccccc3s2)c1. The molecule has 0 fully saturated rings. The second-order valence-electron chi connectivity index (χ2n) is 4.80. The summed E-state index contributed by atoms with van der Waals surface area (Å²) in [4.78, 5) is 4.56. The maximum Gasteiger partial charge on any atom is 0.119 e. The first-order valence-corrected chi connectivity index (χ1v) is 7.83. The van der Waals surface area contributed by atoms with Gasteiger partial charge in [0.15, 0.2) is 0 Å². The number of aliphatic hydroxyl groups excluding tert-OH is 1. The zero-order valence-corrected chi connectivity index (χ0v) is 12.6. The lowest BCUT2D eigenvalue weighted by Gasteiger charge is -2.11. The number of nitrogens with zero attached hydrogens (tertiary/aromatic N) is 1. The normalized spacial score (nSPS) is 12.5. The van der Waals surface area contributed by atoms with E-state index in [9.17, 15) is 5.11 Å². The number of rotatable bonds is 5. The summed E-state index contributed by atoms with van der Waals surface area (Å²) in [5.41, 5.74) is 1.85. The maximum atomic E-state index is 10.4. The summed E-state index contributed by atoms with van der Waals surface area (Å²) >= 11 is 1.63. The van der Waals surface area contributed by atoms with Crippen LogP contribution in [0.3, 0.4) is 0 Å². The molecule has 108 valence electrons. The molecule has 0 amide bonds. The van der Waals surface area contributed by atoms with Crippen molar-refractivity contribution in [3.05, 3.63) is 59.1 Å². The molecular formula is C17H17NO2S. The van der Waals surface area contributed by atoms with Crippen LogP contribution in [0.15, 0.2) is 48.5 Å². The first-order valence-electron chi connectivity index (χ1n) is 7.01. The fourth-order valence-corrected chi connectivity index (χ4v) is 3.27. The second kappa shape index (κ2) is 6.24. The highest BCUT2D eigenvalue weighted by molar-refractivity contribution is 7.18. The van der Waals surface area contributed by atoms with Crippen LogP contribution in [0.25, 0.3) is 10.2 Å². The number of hydrogen-bond donors (Lipinski definition) is 1. The number of thiazole rings is 1. The van der Waals surface area contributed by atoms with E-state index >= 15 is 0 Å². The maximum absolute atomic E-state index is 10.4. The summed E-state index contributed by atoms with van der Waals surface area (Å²) in [5.74, 6) is 0.790. The van der Waals surface area contributed by atoms with Gasteiger partial charge in [-0.3, -0.25) is 0 Å². The zero-order chi connectivity index (χ0) is 14.7. The van der Waals surface area contributed by atoms with Crippen LogP contribution in [0.4, 0.5) is 0 Å². The Morgan fingerprint density at radius 2 is 2.05 bits per heavy atom. The van der Waals surface area contributed by atoms with E-state index in [1.54, 1.807) is 11.3 Å². The fraction of sp³-hybridized carbons (Fsp3) is 0.235. The third kappa shape index (κ3) is 3.23. The van der Waals surface area contributed by atoms with Gasteiger partial charge in [0.2, 0.25) is 0 Å². The standard InChI is InChI=1S/C17H17NO2S/c1-2-20-13-7-5-6-12(10-13)15(19)11-17-18-14-8-3-4-9-16(14)21-17/h3-10,15,19H,2,11H2,1H3. The van der Waals surface area contributed by atoms with E-state index in [2.05, 4.69) is 11.1 Å². The highest BCUT2D eigenvalue weighted by Gasteiger charge is 2.12. The topological polar surface area (TPSA) is 42.4 Å². The third-order valence-corrected chi connectivity index (χ3v) is 4.32. The van der Waals surface area contributed by atoms with Gasteiger partial charge in [0.05, 0.1) is 27.9 Å². The van der Waals surface area contributed by atoms with Gasteiger partial charge < -0.3 is 9.84 Å². The lowest BCUT2D eigenvalue weighted by atomic mass is 10.1. The molecule has 1 unspecified atom stereocenters. The van der Waals surface area contributed by atoms with Gasteiger partial charge >= 0.3 is 0 Å². The van der Waals surface area contributed by atoms with Gasteiger partial charge in [-0.2, -0.15) is 0 Å². The van der Waals surface area contributed by atoms with Crippen LogP contribution < -0.4 is 4.74 Å². The number of benzene rings is 2. The van der Waals surface area contributed by atoms with Crippen molar-refractivity contribution in [2.45, 2.75) is 19.4 Å². The highest BCUT2D eigenvalue weighted by atomic mass is 32.1. The lowest BCUT2D eigenvalue weighted by molar-refractivity contribution is 0.178. The Hall–Kier alpha value is -1.91. The predicted molar refractivity (Wildman–Crippen MR) is 85.9 cm³/mol. The van der Waals surface area contributed by atoms with E-state index in [1.165, 1.54) is 0 Å². The van der Waals surface area contributed by atoms with Gasteiger partial charge in [-0.05, 0) is 36.8 Å². The van der Waals surface area contributed by atoms with Gasteiger partial charge in [-0.25, -0.2) is 4.98 Å². The Balaban J connectivity index is 1.78. The first kappa shape index (κ1) is 14.0. The molecule has 21 heavy (non-hydrogen) atoms. The summed E-state index contributed by atoms with van der Waals surface area (Å²) in [6, 6.07) is 15.7. The summed E-state index contributed by atoms with van der Waals surface area (Å²) in [6.45, 7) is 2.57. The average Bonchev–Trinajstić information content (AvgIpc) is 2.90. The molecule has 3 aromatic rings. The minimum Gasteiger partial charge on any atom is -0.494 e. The largest absolute Gasteiger partial charge is 0.494 e. The molecule has 0 saturated carbocycles. The summed E-state index contributed by atoms with van der Waals surface area (Å²) < 4.78 is 6.63. The van der Waals surface area contributed by atoms with E-state index in [0.29, 0.717) is 13.0 Å². The van der Waals surface area contributed by atoms with Gasteiger partial charge in [-0.15, -0.1) is 11.3 Å². The van der Waals surface area contributed by atoms with Crippen molar-refractivity contribution in [2.24, 2.45) is 0 Å². The van der Waals surface area contributed by atoms with E-state index in [1.807, 2.05) is 49.4 Å². The average molecular weight is 299 g/mol. The molecule has 4 heteroatoms. The molecule has 1 aromatic heterocycles. The van der Waals surface area contributed by atoms with Crippen molar-refractivity contribution in [1.82, 2.24) is 4.98 Å². The molecular weight excluding hydrogens is 282 g/mol. The molecule has 0 bridgehead atoms. The van der Waals surface area contributed by atoms with E-state index < -0.39 is 6.10 Å². The molecule has 3 rings (SSSR count). The molecule has 1 N–H and O–H groups in total. The number of aliphatic hydroxyl groups is 1. The summed E-state index contributed by atoms with van der Waals surface area (Å²) in [5, 5.41) is 11.4. The zero-order valence-electron chi connectivity index (χ0n) is 11.8. The molecule has 2 aromatic carbocycles. The molecule has 0 aliphatic heterocycles. The van der Waals surface area contributed by atoms with Crippen molar-refractivity contribution in [3.63, 3.8) is 0 Å². The van der Waals surface area contributed by atoms with Gasteiger partial charge in [-0.1, -0.05) is 24.3 Å². The first-order chi connectivity index (χ1) is 10.3. The smallest absolute Gasteiger partial charge is 0.119 e. The molecule has 3 nitrogen and oxygen atoms in total. The van der Waals surface area contributed by atoms with Gasteiger partial charge in [0.25, 0.3) is 0 Å². The Morgan fingerprint density at radius 3 is 2.86 bits per heavy atom. The van der Waals surface area contributed by atoms with Crippen LogP contribution in [-0.4, -0.2) is 16.7 Å². The molecule has 1 atom stereocenters. The summed E-state index contributed by atoms with van der Waals surface area (Å²) in [6.07, 6.45) is -0.0412. The number of aromatic nitrogens is 1. The van der Waals surface area contributed by atoms with Crippen LogP contribution in [0, 0.1) is 0 Å². The number of para-hydroxylation sites is 1. The van der Waals surface area contributed by atoms with Crippen LogP contribution in [0.1, 0.15) is 23.6 Å². The molecule has 1 heterocycles. The van der Waals surface area contributed by atoms with Crippen LogP contribution in [0.5, 0.6) is 5.75 Å². The quantitative estimate of drug-likeness (QED) is 0.775. The monoisotopic (exact) mass is 299 g/mol. The van der Waals surface area contributed by atoms with Gasteiger partial charge in [0.1, 0.15) is 5.75 Å². The fourth-order valence-electron chi connectivity index (χ4n) is 2.27. The van der Waals surface area contributed by atoms with Crippen LogP contribution >= 0.6 is 11.3 Å². The van der Waals surface area contributed by atoms with Gasteiger partial charge in [0, 0.05) is 6.42 Å². The van der Waals surface area contributed by atoms with Crippen LogP contribution in [-0.2, 0) is 6.42 Å². The van der Waals surface area contributed by atoms with Crippen molar-refractivity contribution < 1.29 is 9.84 Å². The highest BCUT2D eigenvalue weighted by Crippen LogP contribution is 2.27. The Kier molecular flexibility index (Phi) is 4.18. The van der Waals surface area contributed by atoms with Crippen LogP contribution in [0.2, 0.25) is 0 Å². The minimum absolute atomic E-state index is 0.523. The number of fused-ring (bicyclic) bond motifs is 1. The Bertz CT molecular complexity index is 705. The molecule has 0 spiro atoms. The lowest BCUT2D eigenvalue weighted by Crippen LogP contribution is -2.02. The van der Waals surface area contributed by atoms with Crippen molar-refractivity contribution in [3.8, 4) is 5.75 Å². The summed E-state index contributed by atoms with van der Waals surface area (Å²) in [7, 11) is 0. The third-order valence-electron chi connectivity index (χ3n) is 3.26. The molecule has 0 radical (unpaired) electrons. The number of ether oxygens (including phenoxy) is 1. The Labute approximate surface area is 127 Å². The molecule has 0 aliphatic carbocycles. The molecule has 0 aliphatic rings. The minimum atomic E-state index is -0.564. The van der Waals surface area contributed by atoms with E-state index in [-0.39, 0.29) is 0 Å². The van der Waals surface area contributed by atoms with Crippen molar-refractivity contribution in [1.29, 1.82) is 0 Å². The van der Waals surface area contributed by atoms with Crippen molar-refractivity contribution >= 4 is 21.6 Å². The second-order valence-corrected chi connectivity index (χ2v) is 5.92. The predicted octanol–water partition coefficient (Wildman–Crippen LogP) is 3.97. The van der Waals surface area contributed by atoms with Crippen molar-refractivity contribution in [2.75, 3.05) is 6.61 Å². The number of hydrogen-bond acceptors (Lipinski definition) is 4. The van der Waals surface area contributed by atoms with E-state index in [0.717, 1.165) is 26.5 Å². The van der Waals surface area contributed by atoms with E-state index in [4.69, 9.17) is 4.74 Å². The molecule has 0 saturated heterocycles. The Morgan fingerprint density at radius 1 is 1.19 bits per heavy atom.